The third-order valence-corrected chi connectivity index (χ3v) is 5.81. The maximum absolute atomic E-state index is 13.3. The lowest BCUT2D eigenvalue weighted by atomic mass is 10.1. The normalized spacial score (nSPS) is 12.9. The average Bonchev–Trinajstić information content (AvgIpc) is 2.69. The van der Waals surface area contributed by atoms with Crippen LogP contribution >= 0.6 is 34.8 Å². The number of nitrogens with zero attached hydrogens (tertiary/aromatic N) is 1. The average molecular weight is 470 g/mol. The molecule has 2 aromatic carbocycles. The lowest BCUT2D eigenvalue weighted by molar-refractivity contribution is -0.141. The Hall–Kier alpha value is -1.75. The Balaban J connectivity index is 2.34. The third kappa shape index (κ3) is 6.90. The van der Waals surface area contributed by atoms with Gasteiger partial charge in [0.15, 0.2) is 0 Å². The molecule has 2 amide bonds. The zero-order valence-corrected chi connectivity index (χ0v) is 19.7. The monoisotopic (exact) mass is 468 g/mol. The van der Waals surface area contributed by atoms with Crippen molar-refractivity contribution in [1.82, 2.24) is 10.2 Å². The van der Waals surface area contributed by atoms with Crippen molar-refractivity contribution in [1.29, 1.82) is 0 Å². The van der Waals surface area contributed by atoms with Crippen molar-refractivity contribution in [3.8, 4) is 0 Å². The van der Waals surface area contributed by atoms with Gasteiger partial charge >= 0.3 is 0 Å². The standard InChI is InChI=1S/C23H27Cl3N2O2/c1-4-15(3)27-23(30)21(5-2)28(14-17-9-10-19(25)13-20(17)26)22(29)12-16-7-6-8-18(24)11-16/h6-11,13,15,21H,4-5,12,14H2,1-3H3,(H,27,30)/t15-,21+/m0/s1. The predicted molar refractivity (Wildman–Crippen MR) is 124 cm³/mol. The van der Waals surface area contributed by atoms with Gasteiger partial charge in [0, 0.05) is 27.7 Å². The fourth-order valence-electron chi connectivity index (χ4n) is 3.12. The molecule has 4 nitrogen and oxygen atoms in total. The minimum atomic E-state index is -0.613. The van der Waals surface area contributed by atoms with Crippen LogP contribution in [0.3, 0.4) is 0 Å². The van der Waals surface area contributed by atoms with Crippen LogP contribution in [0.5, 0.6) is 0 Å². The van der Waals surface area contributed by atoms with E-state index >= 15 is 0 Å². The number of carbonyl (C=O) groups excluding carboxylic acids is 2. The minimum absolute atomic E-state index is 0.0237. The van der Waals surface area contributed by atoms with Gasteiger partial charge in [-0.25, -0.2) is 0 Å². The first-order valence-electron chi connectivity index (χ1n) is 10.0. The first kappa shape index (κ1) is 24.5. The lowest BCUT2D eigenvalue weighted by Gasteiger charge is -2.32. The Bertz CT molecular complexity index is 889. The van der Waals surface area contributed by atoms with E-state index in [1.807, 2.05) is 26.8 Å². The number of nitrogens with one attached hydrogen (secondary N) is 1. The first-order chi connectivity index (χ1) is 14.2. The van der Waals surface area contributed by atoms with Crippen molar-refractivity contribution < 1.29 is 9.59 Å². The Morgan fingerprint density at radius 2 is 1.70 bits per heavy atom. The number of hydrogen-bond acceptors (Lipinski definition) is 2. The Morgan fingerprint density at radius 3 is 2.30 bits per heavy atom. The number of rotatable bonds is 9. The van der Waals surface area contributed by atoms with Crippen LogP contribution in [-0.4, -0.2) is 28.8 Å². The molecule has 0 saturated heterocycles. The summed E-state index contributed by atoms with van der Waals surface area (Å²) >= 11 is 18.4. The summed E-state index contributed by atoms with van der Waals surface area (Å²) in [4.78, 5) is 27.8. The Kier molecular flexibility index (Phi) is 9.47. The van der Waals surface area contributed by atoms with Crippen LogP contribution in [-0.2, 0) is 22.6 Å². The molecule has 0 aliphatic heterocycles. The van der Waals surface area contributed by atoms with Crippen LogP contribution in [0.15, 0.2) is 42.5 Å². The summed E-state index contributed by atoms with van der Waals surface area (Å²) in [6, 6.07) is 11.7. The van der Waals surface area contributed by atoms with Crippen molar-refractivity contribution in [3.63, 3.8) is 0 Å². The van der Waals surface area contributed by atoms with Crippen LogP contribution < -0.4 is 5.32 Å². The van der Waals surface area contributed by atoms with Gasteiger partial charge in [0.05, 0.1) is 6.42 Å². The molecule has 162 valence electrons. The van der Waals surface area contributed by atoms with Gasteiger partial charge in [-0.2, -0.15) is 0 Å². The molecule has 2 rings (SSSR count). The molecule has 7 heteroatoms. The van der Waals surface area contributed by atoms with Crippen molar-refractivity contribution >= 4 is 46.6 Å². The van der Waals surface area contributed by atoms with Gasteiger partial charge in [-0.3, -0.25) is 9.59 Å². The summed E-state index contributed by atoms with van der Waals surface area (Å²) < 4.78 is 0. The van der Waals surface area contributed by atoms with E-state index in [1.165, 1.54) is 0 Å². The van der Waals surface area contributed by atoms with Gasteiger partial charge in [-0.05, 0) is 55.2 Å². The SMILES string of the molecule is CC[C@H](C(=O)N[C@@H](C)CC)N(Cc1ccc(Cl)cc1Cl)C(=O)Cc1cccc(Cl)c1. The van der Waals surface area contributed by atoms with Crippen molar-refractivity contribution in [3.05, 3.63) is 68.7 Å². The summed E-state index contributed by atoms with van der Waals surface area (Å²) in [5, 5.41) is 4.53. The molecule has 0 unspecified atom stereocenters. The van der Waals surface area contributed by atoms with Gasteiger partial charge in [0.2, 0.25) is 11.8 Å². The van der Waals surface area contributed by atoms with E-state index in [-0.39, 0.29) is 30.8 Å². The second kappa shape index (κ2) is 11.6. The van der Waals surface area contributed by atoms with E-state index in [4.69, 9.17) is 34.8 Å². The van der Waals surface area contributed by atoms with Crippen molar-refractivity contribution in [2.45, 2.75) is 58.7 Å². The van der Waals surface area contributed by atoms with E-state index in [0.29, 0.717) is 21.5 Å². The quantitative estimate of drug-likeness (QED) is 0.496. The van der Waals surface area contributed by atoms with E-state index in [2.05, 4.69) is 5.32 Å². The molecule has 30 heavy (non-hydrogen) atoms. The van der Waals surface area contributed by atoms with Crippen molar-refractivity contribution in [2.24, 2.45) is 0 Å². The fourth-order valence-corrected chi connectivity index (χ4v) is 3.80. The molecule has 0 bridgehead atoms. The third-order valence-electron chi connectivity index (χ3n) is 4.99. The smallest absolute Gasteiger partial charge is 0.243 e. The van der Waals surface area contributed by atoms with Gasteiger partial charge in [-0.1, -0.05) is 66.8 Å². The topological polar surface area (TPSA) is 49.4 Å². The van der Waals surface area contributed by atoms with Crippen molar-refractivity contribution in [2.75, 3.05) is 0 Å². The zero-order chi connectivity index (χ0) is 22.3. The molecular formula is C23H27Cl3N2O2. The summed E-state index contributed by atoms with van der Waals surface area (Å²) in [7, 11) is 0. The molecule has 2 aromatic rings. The maximum atomic E-state index is 13.3. The van der Waals surface area contributed by atoms with E-state index in [9.17, 15) is 9.59 Å². The van der Waals surface area contributed by atoms with E-state index < -0.39 is 6.04 Å². The van der Waals surface area contributed by atoms with Gasteiger partial charge in [0.1, 0.15) is 6.04 Å². The summed E-state index contributed by atoms with van der Waals surface area (Å²) in [5.74, 6) is -0.342. The molecule has 0 aromatic heterocycles. The van der Waals surface area contributed by atoms with Gasteiger partial charge in [-0.15, -0.1) is 0 Å². The number of amides is 2. The number of carbonyl (C=O) groups is 2. The number of halogens is 3. The summed E-state index contributed by atoms with van der Waals surface area (Å²) in [6.07, 6.45) is 1.43. The van der Waals surface area contributed by atoms with Gasteiger partial charge < -0.3 is 10.2 Å². The fraction of sp³-hybridized carbons (Fsp3) is 0.391. The van der Waals surface area contributed by atoms with Crippen LogP contribution in [0.1, 0.15) is 44.7 Å². The zero-order valence-electron chi connectivity index (χ0n) is 17.4. The minimum Gasteiger partial charge on any atom is -0.352 e. The Morgan fingerprint density at radius 1 is 1.00 bits per heavy atom. The Labute approximate surface area is 193 Å². The highest BCUT2D eigenvalue weighted by Gasteiger charge is 2.29. The number of benzene rings is 2. The van der Waals surface area contributed by atoms with Gasteiger partial charge in [0.25, 0.3) is 0 Å². The van der Waals surface area contributed by atoms with Crippen LogP contribution in [0.25, 0.3) is 0 Å². The highest BCUT2D eigenvalue weighted by molar-refractivity contribution is 6.35. The molecule has 0 aliphatic rings. The summed E-state index contributed by atoms with van der Waals surface area (Å²) in [6.45, 7) is 6.05. The molecule has 1 N–H and O–H groups in total. The lowest BCUT2D eigenvalue weighted by Crippen LogP contribution is -2.51. The highest BCUT2D eigenvalue weighted by Crippen LogP contribution is 2.24. The molecule has 0 aliphatic carbocycles. The molecule has 0 saturated carbocycles. The van der Waals surface area contributed by atoms with E-state index in [1.54, 1.807) is 41.3 Å². The largest absolute Gasteiger partial charge is 0.352 e. The first-order valence-corrected chi connectivity index (χ1v) is 11.2. The van der Waals surface area contributed by atoms with Crippen LogP contribution in [0, 0.1) is 0 Å². The molecule has 0 fully saturated rings. The molecular weight excluding hydrogens is 443 g/mol. The highest BCUT2D eigenvalue weighted by atomic mass is 35.5. The second-order valence-electron chi connectivity index (χ2n) is 7.31. The predicted octanol–water partition coefficient (Wildman–Crippen LogP) is 5.91. The van der Waals surface area contributed by atoms with Crippen LogP contribution in [0.4, 0.5) is 0 Å². The molecule has 0 radical (unpaired) electrons. The summed E-state index contributed by atoms with van der Waals surface area (Å²) in [5.41, 5.74) is 1.52. The van der Waals surface area contributed by atoms with E-state index in [0.717, 1.165) is 17.5 Å². The molecule has 0 heterocycles. The molecule has 0 spiro atoms. The second-order valence-corrected chi connectivity index (χ2v) is 8.59. The molecule has 2 atom stereocenters. The maximum Gasteiger partial charge on any atom is 0.243 e. The van der Waals surface area contributed by atoms with Crippen LogP contribution in [0.2, 0.25) is 15.1 Å². The number of hydrogen-bond donors (Lipinski definition) is 1.